The summed E-state index contributed by atoms with van der Waals surface area (Å²) in [6, 6.07) is 1.17. The fourth-order valence-corrected chi connectivity index (χ4v) is 2.21. The summed E-state index contributed by atoms with van der Waals surface area (Å²) in [4.78, 5) is 6.38. The van der Waals surface area contributed by atoms with Crippen LogP contribution in [0.25, 0.3) is 0 Å². The molecule has 0 atom stereocenters. The van der Waals surface area contributed by atoms with Crippen molar-refractivity contribution >= 4 is 29.9 Å². The Morgan fingerprint density at radius 2 is 1.91 bits per heavy atom. The molecular weight excluding hydrogens is 408 g/mol. The molecule has 22 heavy (non-hydrogen) atoms. The van der Waals surface area contributed by atoms with Crippen LogP contribution in [0.4, 0.5) is 13.2 Å². The number of hydrogen-bond acceptors (Lipinski definition) is 2. The number of aliphatic imine (C=N–C) groups is 1. The van der Waals surface area contributed by atoms with Crippen LogP contribution in [0.15, 0.2) is 4.99 Å². The SMILES string of the molecule is CCNC(=NCCC(F)(F)F)NCCN(C(C)C)C1CC1.I. The minimum Gasteiger partial charge on any atom is -0.357 e. The molecule has 0 heterocycles. The van der Waals surface area contributed by atoms with E-state index in [1.807, 2.05) is 6.92 Å². The summed E-state index contributed by atoms with van der Waals surface area (Å²) in [5.74, 6) is 0.459. The smallest absolute Gasteiger partial charge is 0.357 e. The van der Waals surface area contributed by atoms with Crippen LogP contribution in [0, 0.1) is 0 Å². The van der Waals surface area contributed by atoms with E-state index in [-0.39, 0.29) is 30.5 Å². The summed E-state index contributed by atoms with van der Waals surface area (Å²) < 4.78 is 36.4. The van der Waals surface area contributed by atoms with Gasteiger partial charge in [0.25, 0.3) is 0 Å². The lowest BCUT2D eigenvalue weighted by atomic mass is 10.3. The first kappa shape index (κ1) is 21.8. The molecule has 0 aliphatic heterocycles. The molecule has 4 nitrogen and oxygen atoms in total. The maximum atomic E-state index is 12.1. The van der Waals surface area contributed by atoms with Crippen LogP contribution in [0.2, 0.25) is 0 Å². The predicted molar refractivity (Wildman–Crippen MR) is 94.9 cm³/mol. The molecular formula is C14H28F3IN4. The Hall–Kier alpha value is -0.250. The first-order valence-corrected chi connectivity index (χ1v) is 7.68. The lowest BCUT2D eigenvalue weighted by Gasteiger charge is -2.26. The minimum atomic E-state index is -4.15. The molecule has 0 unspecified atom stereocenters. The Bertz CT molecular complexity index is 329. The molecule has 1 rings (SSSR count). The molecule has 132 valence electrons. The molecule has 1 saturated carbocycles. The molecule has 0 bridgehead atoms. The van der Waals surface area contributed by atoms with Crippen molar-refractivity contribution in [1.82, 2.24) is 15.5 Å². The standard InChI is InChI=1S/C14H27F3N4.HI/c1-4-18-13(19-8-7-14(15,16)17)20-9-10-21(11(2)3)12-5-6-12;/h11-12H,4-10H2,1-3H3,(H2,18,19,20);1H. The van der Waals surface area contributed by atoms with E-state index in [1.165, 1.54) is 12.8 Å². The summed E-state index contributed by atoms with van der Waals surface area (Å²) in [6.07, 6.45) is -2.54. The Morgan fingerprint density at radius 1 is 1.27 bits per heavy atom. The normalized spacial score (nSPS) is 15.9. The molecule has 0 aromatic heterocycles. The molecule has 0 saturated heterocycles. The molecule has 0 aromatic carbocycles. The summed E-state index contributed by atoms with van der Waals surface area (Å²) in [5.41, 5.74) is 0. The summed E-state index contributed by atoms with van der Waals surface area (Å²) in [5, 5.41) is 6.07. The number of guanidine groups is 1. The van der Waals surface area contributed by atoms with Crippen molar-refractivity contribution in [2.24, 2.45) is 4.99 Å². The van der Waals surface area contributed by atoms with Gasteiger partial charge in [0.1, 0.15) is 0 Å². The Kier molecular flexibility index (Phi) is 10.4. The van der Waals surface area contributed by atoms with E-state index in [1.54, 1.807) is 0 Å². The van der Waals surface area contributed by atoms with Gasteiger partial charge >= 0.3 is 6.18 Å². The molecule has 8 heteroatoms. The fraction of sp³-hybridized carbons (Fsp3) is 0.929. The average molecular weight is 436 g/mol. The number of nitrogens with one attached hydrogen (secondary N) is 2. The van der Waals surface area contributed by atoms with Gasteiger partial charge in [-0.3, -0.25) is 9.89 Å². The van der Waals surface area contributed by atoms with Gasteiger partial charge in [0.15, 0.2) is 5.96 Å². The van der Waals surface area contributed by atoms with Crippen molar-refractivity contribution < 1.29 is 13.2 Å². The third-order valence-corrected chi connectivity index (χ3v) is 3.35. The minimum absolute atomic E-state index is 0. The molecule has 0 radical (unpaired) electrons. The van der Waals surface area contributed by atoms with Crippen molar-refractivity contribution in [3.8, 4) is 0 Å². The van der Waals surface area contributed by atoms with Gasteiger partial charge in [0.2, 0.25) is 0 Å². The highest BCUT2D eigenvalue weighted by molar-refractivity contribution is 14.0. The number of halogens is 4. The van der Waals surface area contributed by atoms with Crippen LogP contribution < -0.4 is 10.6 Å². The van der Waals surface area contributed by atoms with Crippen LogP contribution in [0.3, 0.4) is 0 Å². The highest BCUT2D eigenvalue weighted by Crippen LogP contribution is 2.27. The van der Waals surface area contributed by atoms with Gasteiger partial charge in [-0.2, -0.15) is 13.2 Å². The number of nitrogens with zero attached hydrogens (tertiary/aromatic N) is 2. The number of alkyl halides is 3. The van der Waals surface area contributed by atoms with Crippen molar-refractivity contribution in [2.45, 2.75) is 58.3 Å². The highest BCUT2D eigenvalue weighted by Gasteiger charge is 2.30. The van der Waals surface area contributed by atoms with Crippen LogP contribution in [0.5, 0.6) is 0 Å². The van der Waals surface area contributed by atoms with Gasteiger partial charge in [0.05, 0.1) is 13.0 Å². The third kappa shape index (κ3) is 9.70. The monoisotopic (exact) mass is 436 g/mol. The maximum Gasteiger partial charge on any atom is 0.390 e. The second-order valence-corrected chi connectivity index (χ2v) is 5.62. The maximum absolute atomic E-state index is 12.1. The van der Waals surface area contributed by atoms with E-state index >= 15 is 0 Å². The van der Waals surface area contributed by atoms with Crippen LogP contribution in [0.1, 0.15) is 40.0 Å². The zero-order chi connectivity index (χ0) is 15.9. The topological polar surface area (TPSA) is 39.7 Å². The first-order valence-electron chi connectivity index (χ1n) is 7.68. The van der Waals surface area contributed by atoms with Crippen LogP contribution >= 0.6 is 24.0 Å². The van der Waals surface area contributed by atoms with Crippen LogP contribution in [-0.2, 0) is 0 Å². The fourth-order valence-electron chi connectivity index (χ4n) is 2.21. The van der Waals surface area contributed by atoms with E-state index in [9.17, 15) is 13.2 Å². The van der Waals surface area contributed by atoms with Crippen molar-refractivity contribution in [1.29, 1.82) is 0 Å². The molecule has 0 spiro atoms. The zero-order valence-electron chi connectivity index (χ0n) is 13.5. The number of hydrogen-bond donors (Lipinski definition) is 2. The van der Waals surface area contributed by atoms with Crippen molar-refractivity contribution in [3.05, 3.63) is 0 Å². The molecule has 1 fully saturated rings. The van der Waals surface area contributed by atoms with Crippen molar-refractivity contribution in [2.75, 3.05) is 26.2 Å². The van der Waals surface area contributed by atoms with Gasteiger partial charge in [-0.15, -0.1) is 24.0 Å². The molecule has 1 aliphatic carbocycles. The van der Waals surface area contributed by atoms with Gasteiger partial charge in [-0.25, -0.2) is 0 Å². The van der Waals surface area contributed by atoms with Gasteiger partial charge in [-0.1, -0.05) is 0 Å². The van der Waals surface area contributed by atoms with Crippen LogP contribution in [-0.4, -0.2) is 55.3 Å². The Morgan fingerprint density at radius 3 is 2.36 bits per heavy atom. The lowest BCUT2D eigenvalue weighted by Crippen LogP contribution is -2.44. The van der Waals surface area contributed by atoms with E-state index in [0.29, 0.717) is 31.1 Å². The number of rotatable bonds is 8. The molecule has 2 N–H and O–H groups in total. The highest BCUT2D eigenvalue weighted by atomic mass is 127. The van der Waals surface area contributed by atoms with E-state index in [0.717, 1.165) is 6.54 Å². The Balaban J connectivity index is 0.00000441. The average Bonchev–Trinajstić information content (AvgIpc) is 3.16. The first-order chi connectivity index (χ1) is 9.83. The summed E-state index contributed by atoms with van der Waals surface area (Å²) in [6.45, 7) is 8.19. The van der Waals surface area contributed by atoms with E-state index < -0.39 is 12.6 Å². The Labute approximate surface area is 148 Å². The summed E-state index contributed by atoms with van der Waals surface area (Å²) in [7, 11) is 0. The lowest BCUT2D eigenvalue weighted by molar-refractivity contribution is -0.132. The van der Waals surface area contributed by atoms with Gasteiger partial charge in [-0.05, 0) is 33.6 Å². The predicted octanol–water partition coefficient (Wildman–Crippen LogP) is 2.98. The zero-order valence-corrected chi connectivity index (χ0v) is 15.9. The molecule has 0 amide bonds. The third-order valence-electron chi connectivity index (χ3n) is 3.35. The molecule has 1 aliphatic rings. The van der Waals surface area contributed by atoms with Gasteiger partial charge < -0.3 is 10.6 Å². The molecule has 0 aromatic rings. The van der Waals surface area contributed by atoms with Gasteiger partial charge in [0, 0.05) is 31.7 Å². The van der Waals surface area contributed by atoms with E-state index in [2.05, 4.69) is 34.4 Å². The quantitative estimate of drug-likeness (QED) is 0.349. The van der Waals surface area contributed by atoms with Crippen molar-refractivity contribution in [3.63, 3.8) is 0 Å². The second-order valence-electron chi connectivity index (χ2n) is 5.62. The second kappa shape index (κ2) is 10.5. The van der Waals surface area contributed by atoms with E-state index in [4.69, 9.17) is 0 Å². The largest absolute Gasteiger partial charge is 0.390 e. The summed E-state index contributed by atoms with van der Waals surface area (Å²) >= 11 is 0.